The molecule has 2 aromatic heterocycles. The molecule has 0 radical (unpaired) electrons. The fraction of sp³-hybridized carbons (Fsp3) is 0.500. The Bertz CT molecular complexity index is 391. The zero-order valence-corrected chi connectivity index (χ0v) is 10.5. The van der Waals surface area contributed by atoms with Crippen LogP contribution in [0.3, 0.4) is 0 Å². The number of fused-ring (bicyclic) bond motifs is 1. The number of H-pyrrole nitrogens is 1. The van der Waals surface area contributed by atoms with E-state index in [2.05, 4.69) is 15.0 Å². The summed E-state index contributed by atoms with van der Waals surface area (Å²) < 4.78 is 0. The topological polar surface area (TPSA) is 41.6 Å². The van der Waals surface area contributed by atoms with E-state index in [1.165, 1.54) is 0 Å². The number of hydrogen-bond acceptors (Lipinski definition) is 2. The number of imidazole rings is 1. The number of pyridine rings is 1. The fourth-order valence-electron chi connectivity index (χ4n) is 1.11. The minimum Gasteiger partial charge on any atom is -0.341 e. The summed E-state index contributed by atoms with van der Waals surface area (Å²) in [5.74, 6) is 0.915. The number of nitrogens with zero attached hydrogens (tertiary/aromatic N) is 2. The molecule has 0 saturated heterocycles. The lowest BCUT2D eigenvalue weighted by atomic mass is 10.4. The molecule has 0 atom stereocenters. The highest BCUT2D eigenvalue weighted by atomic mass is 15.0. The van der Waals surface area contributed by atoms with Gasteiger partial charge in [-0.1, -0.05) is 27.7 Å². The molecule has 0 fully saturated rings. The molecule has 2 aromatic rings. The van der Waals surface area contributed by atoms with Crippen molar-refractivity contribution < 1.29 is 0 Å². The minimum absolute atomic E-state index is 0.808. The van der Waals surface area contributed by atoms with Crippen LogP contribution >= 0.6 is 0 Å². The molecular weight excluding hydrogens is 186 g/mol. The monoisotopic (exact) mass is 207 g/mol. The average molecular weight is 207 g/mol. The summed E-state index contributed by atoms with van der Waals surface area (Å²) in [5.41, 5.74) is 2.82. The Morgan fingerprint density at radius 3 is 2.13 bits per heavy atom. The maximum Gasteiger partial charge on any atom is 0.177 e. The van der Waals surface area contributed by atoms with Crippen LogP contribution in [0.15, 0.2) is 12.1 Å². The van der Waals surface area contributed by atoms with E-state index in [9.17, 15) is 0 Å². The quantitative estimate of drug-likeness (QED) is 0.716. The van der Waals surface area contributed by atoms with Crippen LogP contribution in [-0.4, -0.2) is 15.0 Å². The van der Waals surface area contributed by atoms with Crippen molar-refractivity contribution in [2.45, 2.75) is 41.5 Å². The van der Waals surface area contributed by atoms with Gasteiger partial charge in [-0.2, -0.15) is 0 Å². The highest BCUT2D eigenvalue weighted by Crippen LogP contribution is 2.08. The second-order valence-electron chi connectivity index (χ2n) is 2.65. The Balaban J connectivity index is 0.000000442. The molecule has 1 N–H and O–H groups in total. The van der Waals surface area contributed by atoms with Crippen molar-refractivity contribution in [2.75, 3.05) is 0 Å². The lowest BCUT2D eigenvalue weighted by Crippen LogP contribution is -1.80. The molecule has 2 rings (SSSR count). The molecule has 0 aliphatic rings. The second-order valence-corrected chi connectivity index (χ2v) is 2.65. The predicted molar refractivity (Wildman–Crippen MR) is 66.1 cm³/mol. The van der Waals surface area contributed by atoms with E-state index < -0.39 is 0 Å². The van der Waals surface area contributed by atoms with Crippen molar-refractivity contribution in [3.8, 4) is 0 Å². The zero-order chi connectivity index (χ0) is 11.8. The van der Waals surface area contributed by atoms with Crippen LogP contribution in [0.4, 0.5) is 0 Å². The summed E-state index contributed by atoms with van der Waals surface area (Å²) in [4.78, 5) is 11.6. The number of aryl methyl sites for hydroxylation is 2. The average Bonchev–Trinajstić information content (AvgIpc) is 2.63. The standard InChI is InChI=1S/C8H9N3.2C2H6/c1-5-3-4-7-8(9-5)11-6(2)10-7;2*1-2/h3-4H,1-2H3,(H,9,10,11);2*1-2H3. The van der Waals surface area contributed by atoms with Crippen LogP contribution in [0.2, 0.25) is 0 Å². The Labute approximate surface area is 92.0 Å². The maximum absolute atomic E-state index is 4.25. The fourth-order valence-corrected chi connectivity index (χ4v) is 1.11. The molecule has 0 spiro atoms. The molecule has 3 heteroatoms. The van der Waals surface area contributed by atoms with Crippen LogP contribution in [-0.2, 0) is 0 Å². The van der Waals surface area contributed by atoms with Crippen LogP contribution in [0.5, 0.6) is 0 Å². The van der Waals surface area contributed by atoms with Gasteiger partial charge in [0.15, 0.2) is 5.65 Å². The molecule has 0 saturated carbocycles. The van der Waals surface area contributed by atoms with E-state index in [4.69, 9.17) is 0 Å². The molecule has 0 aromatic carbocycles. The van der Waals surface area contributed by atoms with Gasteiger partial charge < -0.3 is 4.98 Å². The van der Waals surface area contributed by atoms with E-state index in [0.717, 1.165) is 22.7 Å². The van der Waals surface area contributed by atoms with Crippen LogP contribution in [0, 0.1) is 13.8 Å². The van der Waals surface area contributed by atoms with Crippen molar-refractivity contribution in [1.82, 2.24) is 15.0 Å². The van der Waals surface area contributed by atoms with Gasteiger partial charge in [0.05, 0.1) is 5.52 Å². The normalized spacial score (nSPS) is 8.67. The minimum atomic E-state index is 0.808. The molecule has 0 aliphatic heterocycles. The van der Waals surface area contributed by atoms with Crippen molar-refractivity contribution in [3.05, 3.63) is 23.7 Å². The molecule has 0 unspecified atom stereocenters. The SMILES string of the molecule is CC.CC.Cc1ccc2[nH]c(C)nc2n1. The first-order valence-electron chi connectivity index (χ1n) is 5.56. The molecule has 2 heterocycles. The van der Waals surface area contributed by atoms with Crippen molar-refractivity contribution in [3.63, 3.8) is 0 Å². The highest BCUT2D eigenvalue weighted by Gasteiger charge is 1.98. The zero-order valence-electron chi connectivity index (χ0n) is 10.5. The summed E-state index contributed by atoms with van der Waals surface area (Å²) in [7, 11) is 0. The first-order valence-corrected chi connectivity index (χ1v) is 5.56. The van der Waals surface area contributed by atoms with Crippen molar-refractivity contribution in [2.24, 2.45) is 0 Å². The van der Waals surface area contributed by atoms with E-state index in [0.29, 0.717) is 0 Å². The summed E-state index contributed by atoms with van der Waals surface area (Å²) >= 11 is 0. The van der Waals surface area contributed by atoms with Gasteiger partial charge in [0.25, 0.3) is 0 Å². The molecule has 0 amide bonds. The molecule has 0 bridgehead atoms. The number of rotatable bonds is 0. The molecule has 15 heavy (non-hydrogen) atoms. The van der Waals surface area contributed by atoms with Gasteiger partial charge in [-0.3, -0.25) is 0 Å². The largest absolute Gasteiger partial charge is 0.341 e. The van der Waals surface area contributed by atoms with E-state index in [-0.39, 0.29) is 0 Å². The molecule has 3 nitrogen and oxygen atoms in total. The first kappa shape index (κ1) is 13.6. The molecule has 84 valence electrons. The highest BCUT2D eigenvalue weighted by molar-refractivity contribution is 5.70. The van der Waals surface area contributed by atoms with Crippen molar-refractivity contribution in [1.29, 1.82) is 0 Å². The van der Waals surface area contributed by atoms with Gasteiger partial charge in [0.2, 0.25) is 0 Å². The van der Waals surface area contributed by atoms with Gasteiger partial charge in [-0.15, -0.1) is 0 Å². The maximum atomic E-state index is 4.25. The number of hydrogen-bond donors (Lipinski definition) is 1. The summed E-state index contributed by atoms with van der Waals surface area (Å²) in [6.45, 7) is 11.9. The second kappa shape index (κ2) is 6.98. The summed E-state index contributed by atoms with van der Waals surface area (Å²) in [6.07, 6.45) is 0. The lowest BCUT2D eigenvalue weighted by Gasteiger charge is -1.88. The number of nitrogens with one attached hydrogen (secondary N) is 1. The van der Waals surface area contributed by atoms with Crippen LogP contribution < -0.4 is 0 Å². The van der Waals surface area contributed by atoms with Gasteiger partial charge in [0, 0.05) is 5.69 Å². The Morgan fingerprint density at radius 1 is 0.933 bits per heavy atom. The van der Waals surface area contributed by atoms with Gasteiger partial charge in [-0.25, -0.2) is 9.97 Å². The Hall–Kier alpha value is -1.38. The van der Waals surface area contributed by atoms with Gasteiger partial charge >= 0.3 is 0 Å². The van der Waals surface area contributed by atoms with Gasteiger partial charge in [-0.05, 0) is 26.0 Å². The van der Waals surface area contributed by atoms with E-state index in [1.54, 1.807) is 0 Å². The van der Waals surface area contributed by atoms with Crippen LogP contribution in [0.25, 0.3) is 11.2 Å². The number of aromatic amines is 1. The summed E-state index contributed by atoms with van der Waals surface area (Å²) in [5, 5.41) is 0. The third kappa shape index (κ3) is 3.70. The first-order chi connectivity index (χ1) is 7.25. The lowest BCUT2D eigenvalue weighted by molar-refractivity contribution is 1.15. The van der Waals surface area contributed by atoms with Crippen LogP contribution in [0.1, 0.15) is 39.2 Å². The number of aromatic nitrogens is 3. The van der Waals surface area contributed by atoms with E-state index >= 15 is 0 Å². The van der Waals surface area contributed by atoms with Gasteiger partial charge in [0.1, 0.15) is 5.82 Å². The summed E-state index contributed by atoms with van der Waals surface area (Å²) in [6, 6.07) is 3.97. The third-order valence-corrected chi connectivity index (χ3v) is 1.60. The molecular formula is C12H21N3. The van der Waals surface area contributed by atoms with E-state index in [1.807, 2.05) is 53.7 Å². The Morgan fingerprint density at radius 2 is 1.53 bits per heavy atom. The van der Waals surface area contributed by atoms with Crippen molar-refractivity contribution >= 4 is 11.2 Å². The Kier molecular flexibility index (Phi) is 6.34. The smallest absolute Gasteiger partial charge is 0.177 e. The predicted octanol–water partition coefficient (Wildman–Crippen LogP) is 3.63. The third-order valence-electron chi connectivity index (χ3n) is 1.60. The molecule has 0 aliphatic carbocycles.